The predicted molar refractivity (Wildman–Crippen MR) is 104 cm³/mol. The second kappa shape index (κ2) is 6.93. The summed E-state index contributed by atoms with van der Waals surface area (Å²) < 4.78 is 6.27. The molecule has 4 heterocycles. The molecule has 1 aliphatic carbocycles. The Labute approximate surface area is 156 Å². The van der Waals surface area contributed by atoms with E-state index in [1.807, 2.05) is 23.5 Å². The Balaban J connectivity index is 1.59. The van der Waals surface area contributed by atoms with Gasteiger partial charge in [-0.15, -0.1) is 11.3 Å². The molecule has 1 atom stereocenters. The van der Waals surface area contributed by atoms with E-state index in [9.17, 15) is 0 Å². The fourth-order valence-electron chi connectivity index (χ4n) is 3.94. The number of ether oxygens (including phenoxy) is 1. The monoisotopic (exact) mass is 366 g/mol. The number of aromatic nitrogens is 3. The highest BCUT2D eigenvalue weighted by molar-refractivity contribution is 7.18. The van der Waals surface area contributed by atoms with Crippen molar-refractivity contribution < 1.29 is 4.74 Å². The molecule has 6 heteroatoms. The molecule has 0 aromatic carbocycles. The summed E-state index contributed by atoms with van der Waals surface area (Å²) in [6.07, 6.45) is 10.8. The molecule has 0 bridgehead atoms. The van der Waals surface area contributed by atoms with Crippen LogP contribution in [0.5, 0.6) is 5.88 Å². The summed E-state index contributed by atoms with van der Waals surface area (Å²) in [6, 6.07) is 4.34. The minimum atomic E-state index is 0.429. The van der Waals surface area contributed by atoms with Crippen LogP contribution in [0.4, 0.5) is 0 Å². The molecule has 1 saturated heterocycles. The quantitative estimate of drug-likeness (QED) is 0.762. The lowest BCUT2D eigenvalue weighted by Gasteiger charge is -2.15. The predicted octanol–water partition coefficient (Wildman–Crippen LogP) is 3.76. The van der Waals surface area contributed by atoms with Gasteiger partial charge in [-0.1, -0.05) is 0 Å². The van der Waals surface area contributed by atoms with E-state index in [2.05, 4.69) is 10.3 Å². The molecule has 5 rings (SSSR count). The summed E-state index contributed by atoms with van der Waals surface area (Å²) in [5.74, 6) is 1.49. The number of fused-ring (bicyclic) bond motifs is 3. The zero-order valence-corrected chi connectivity index (χ0v) is 15.5. The molecule has 0 spiro atoms. The molecule has 1 N–H and O–H groups in total. The molecule has 1 fully saturated rings. The summed E-state index contributed by atoms with van der Waals surface area (Å²) >= 11 is 1.82. The van der Waals surface area contributed by atoms with Crippen LogP contribution < -0.4 is 10.1 Å². The number of aryl methyl sites for hydroxylation is 2. The maximum absolute atomic E-state index is 6.27. The number of hydrogen-bond donors (Lipinski definition) is 1. The average molecular weight is 366 g/mol. The first-order valence-electron chi connectivity index (χ1n) is 9.47. The van der Waals surface area contributed by atoms with Crippen molar-refractivity contribution in [3.05, 3.63) is 35.0 Å². The van der Waals surface area contributed by atoms with Crippen LogP contribution in [-0.4, -0.2) is 34.1 Å². The van der Waals surface area contributed by atoms with Crippen LogP contribution in [0, 0.1) is 0 Å². The molecule has 0 unspecified atom stereocenters. The first-order chi connectivity index (χ1) is 12.9. The Morgan fingerprint density at radius 1 is 1.12 bits per heavy atom. The maximum Gasteiger partial charge on any atom is 0.226 e. The summed E-state index contributed by atoms with van der Waals surface area (Å²) in [7, 11) is 0. The molecule has 26 heavy (non-hydrogen) atoms. The van der Waals surface area contributed by atoms with E-state index >= 15 is 0 Å². The molecule has 5 nitrogen and oxygen atoms in total. The lowest BCUT2D eigenvalue weighted by atomic mass is 9.97. The van der Waals surface area contributed by atoms with Crippen LogP contribution in [0.15, 0.2) is 24.5 Å². The Bertz CT molecular complexity index is 918. The van der Waals surface area contributed by atoms with Gasteiger partial charge in [-0.2, -0.15) is 4.98 Å². The first-order valence-corrected chi connectivity index (χ1v) is 10.3. The molecule has 0 saturated carbocycles. The smallest absolute Gasteiger partial charge is 0.226 e. The van der Waals surface area contributed by atoms with Gasteiger partial charge in [-0.05, 0) is 62.8 Å². The molecule has 2 aliphatic rings. The minimum Gasteiger partial charge on any atom is -0.475 e. The van der Waals surface area contributed by atoms with Crippen LogP contribution >= 0.6 is 11.3 Å². The summed E-state index contributed by atoms with van der Waals surface area (Å²) in [5, 5.41) is 4.66. The van der Waals surface area contributed by atoms with Gasteiger partial charge in [-0.3, -0.25) is 4.98 Å². The first kappa shape index (κ1) is 16.1. The molecular weight excluding hydrogens is 344 g/mol. The summed E-state index contributed by atoms with van der Waals surface area (Å²) in [6.45, 7) is 1.76. The zero-order valence-electron chi connectivity index (χ0n) is 14.7. The lowest BCUT2D eigenvalue weighted by molar-refractivity contribution is 0.271. The van der Waals surface area contributed by atoms with Gasteiger partial charge in [0.1, 0.15) is 11.4 Å². The van der Waals surface area contributed by atoms with Gasteiger partial charge in [0.05, 0.1) is 5.39 Å². The fraction of sp³-hybridized carbons (Fsp3) is 0.450. The highest BCUT2D eigenvalue weighted by Gasteiger charge is 2.23. The normalized spacial score (nSPS) is 19.6. The Kier molecular flexibility index (Phi) is 4.30. The third kappa shape index (κ3) is 2.97. The average Bonchev–Trinajstić information content (AvgIpc) is 3.34. The van der Waals surface area contributed by atoms with Gasteiger partial charge in [0.2, 0.25) is 5.88 Å². The third-order valence-electron chi connectivity index (χ3n) is 5.30. The number of hydrogen-bond acceptors (Lipinski definition) is 6. The van der Waals surface area contributed by atoms with E-state index in [1.54, 1.807) is 12.4 Å². The summed E-state index contributed by atoms with van der Waals surface area (Å²) in [5.41, 5.74) is 2.41. The molecule has 1 aliphatic heterocycles. The Hall–Kier alpha value is -2.05. The van der Waals surface area contributed by atoms with E-state index < -0.39 is 0 Å². The van der Waals surface area contributed by atoms with Gasteiger partial charge < -0.3 is 10.1 Å². The van der Waals surface area contributed by atoms with Crippen LogP contribution in [-0.2, 0) is 12.8 Å². The standard InChI is InChI=1S/C20H22N4OS/c1-2-6-16-15(5-1)17-19(25-12-14-4-3-9-22-14)23-18(24-20(17)26-16)13-7-10-21-11-8-13/h7-8,10-11,14,22H,1-6,9,12H2/t14-/m0/s1. The van der Waals surface area contributed by atoms with Crippen LogP contribution in [0.3, 0.4) is 0 Å². The van der Waals surface area contributed by atoms with Crippen molar-refractivity contribution >= 4 is 21.6 Å². The van der Waals surface area contributed by atoms with Gasteiger partial charge in [-0.25, -0.2) is 4.98 Å². The lowest BCUT2D eigenvalue weighted by Crippen LogP contribution is -2.28. The van der Waals surface area contributed by atoms with Crippen molar-refractivity contribution in [2.24, 2.45) is 0 Å². The van der Waals surface area contributed by atoms with E-state index in [1.165, 1.54) is 36.1 Å². The Morgan fingerprint density at radius 2 is 2.00 bits per heavy atom. The van der Waals surface area contributed by atoms with E-state index in [-0.39, 0.29) is 0 Å². The van der Waals surface area contributed by atoms with E-state index in [4.69, 9.17) is 14.7 Å². The van der Waals surface area contributed by atoms with Gasteiger partial charge in [0, 0.05) is 28.9 Å². The van der Waals surface area contributed by atoms with Crippen molar-refractivity contribution in [2.45, 2.75) is 44.6 Å². The number of rotatable bonds is 4. The van der Waals surface area contributed by atoms with Crippen molar-refractivity contribution in [1.29, 1.82) is 0 Å². The molecule has 0 radical (unpaired) electrons. The fourth-order valence-corrected chi connectivity index (χ4v) is 5.19. The van der Waals surface area contributed by atoms with E-state index in [0.717, 1.165) is 46.9 Å². The van der Waals surface area contributed by atoms with Crippen molar-refractivity contribution in [3.63, 3.8) is 0 Å². The third-order valence-corrected chi connectivity index (χ3v) is 6.49. The van der Waals surface area contributed by atoms with Crippen LogP contribution in [0.2, 0.25) is 0 Å². The highest BCUT2D eigenvalue weighted by atomic mass is 32.1. The molecule has 134 valence electrons. The SMILES string of the molecule is c1cc(-c2nc(OC[C@@H]3CCCN3)c3c4c(sc3n2)CCCC4)ccn1. The maximum atomic E-state index is 6.27. The van der Waals surface area contributed by atoms with E-state index in [0.29, 0.717) is 12.6 Å². The van der Waals surface area contributed by atoms with Crippen molar-refractivity contribution in [1.82, 2.24) is 20.3 Å². The molecule has 3 aromatic rings. The molecule has 0 amide bonds. The number of nitrogens with zero attached hydrogens (tertiary/aromatic N) is 3. The number of thiophene rings is 1. The molecular formula is C20H22N4OS. The van der Waals surface area contributed by atoms with Crippen LogP contribution in [0.1, 0.15) is 36.1 Å². The molecule has 3 aromatic heterocycles. The Morgan fingerprint density at radius 3 is 2.85 bits per heavy atom. The highest BCUT2D eigenvalue weighted by Crippen LogP contribution is 2.40. The number of nitrogens with one attached hydrogen (secondary N) is 1. The number of pyridine rings is 1. The van der Waals surface area contributed by atoms with Gasteiger partial charge in [0.25, 0.3) is 0 Å². The van der Waals surface area contributed by atoms with Crippen molar-refractivity contribution in [3.8, 4) is 17.3 Å². The van der Waals surface area contributed by atoms with Crippen LogP contribution in [0.25, 0.3) is 21.6 Å². The zero-order chi connectivity index (χ0) is 17.3. The van der Waals surface area contributed by atoms with Gasteiger partial charge >= 0.3 is 0 Å². The summed E-state index contributed by atoms with van der Waals surface area (Å²) in [4.78, 5) is 16.3. The largest absolute Gasteiger partial charge is 0.475 e. The topological polar surface area (TPSA) is 59.9 Å². The second-order valence-corrected chi connectivity index (χ2v) is 8.17. The second-order valence-electron chi connectivity index (χ2n) is 7.08. The van der Waals surface area contributed by atoms with Crippen molar-refractivity contribution in [2.75, 3.05) is 13.2 Å². The minimum absolute atomic E-state index is 0.429. The van der Waals surface area contributed by atoms with Gasteiger partial charge in [0.15, 0.2) is 5.82 Å².